The zero-order valence-electron chi connectivity index (χ0n) is 19.7. The van der Waals surface area contributed by atoms with Crippen molar-refractivity contribution < 1.29 is 41.4 Å². The average Bonchev–Trinajstić information content (AvgIpc) is 2.79. The highest BCUT2D eigenvalue weighted by Crippen LogP contribution is 2.28. The number of benzene rings is 2. The highest BCUT2D eigenvalue weighted by atomic mass is 32.2. The molecule has 2 aromatic carbocycles. The number of anilines is 2. The standard InChI is InChI=1S/C22H28N2O4S.C2HF3O2/c1-2-17-8-11-19(12-9-17)29(27,28)23-18-10-13-21(20(16-18)22(25)26)24-14-6-4-3-5-7-15-24;3-2(4,5)1(6)7/h8-13,16,23H,2-7,14-15H2,1H3,(H,25,26);(H,6,7). The molecule has 1 aliphatic rings. The van der Waals surface area contributed by atoms with E-state index >= 15 is 0 Å². The second-order valence-electron chi connectivity index (χ2n) is 8.20. The lowest BCUT2D eigenvalue weighted by molar-refractivity contribution is -0.192. The predicted molar refractivity (Wildman–Crippen MR) is 129 cm³/mol. The second kappa shape index (κ2) is 12.6. The monoisotopic (exact) mass is 530 g/mol. The Hall–Kier alpha value is -3.28. The zero-order chi connectivity index (χ0) is 26.9. The lowest BCUT2D eigenvalue weighted by Crippen LogP contribution is -2.28. The fourth-order valence-corrected chi connectivity index (χ4v) is 4.70. The van der Waals surface area contributed by atoms with Gasteiger partial charge in [0.05, 0.1) is 16.1 Å². The first-order valence-electron chi connectivity index (χ1n) is 11.4. The lowest BCUT2D eigenvalue weighted by Gasteiger charge is -2.28. The van der Waals surface area contributed by atoms with E-state index in [1.807, 2.05) is 6.92 Å². The Morgan fingerprint density at radius 3 is 1.94 bits per heavy atom. The van der Waals surface area contributed by atoms with Crippen LogP contribution in [0.4, 0.5) is 24.5 Å². The first-order chi connectivity index (χ1) is 16.8. The quantitative estimate of drug-likeness (QED) is 0.472. The average molecular weight is 531 g/mol. The van der Waals surface area contributed by atoms with Crippen LogP contribution >= 0.6 is 0 Å². The third kappa shape index (κ3) is 8.43. The van der Waals surface area contributed by atoms with Crippen molar-refractivity contribution in [3.8, 4) is 0 Å². The van der Waals surface area contributed by atoms with Crippen LogP contribution < -0.4 is 9.62 Å². The molecule has 0 unspecified atom stereocenters. The number of carboxylic acid groups (broad SMARTS) is 2. The molecular weight excluding hydrogens is 501 g/mol. The zero-order valence-corrected chi connectivity index (χ0v) is 20.5. The van der Waals surface area contributed by atoms with Crippen molar-refractivity contribution in [1.29, 1.82) is 0 Å². The Bertz CT molecular complexity index is 1140. The van der Waals surface area contributed by atoms with Gasteiger partial charge in [0, 0.05) is 18.8 Å². The van der Waals surface area contributed by atoms with Crippen LogP contribution in [0.25, 0.3) is 0 Å². The molecule has 0 aliphatic carbocycles. The largest absolute Gasteiger partial charge is 0.490 e. The summed E-state index contributed by atoms with van der Waals surface area (Å²) in [7, 11) is -3.79. The number of carbonyl (C=O) groups is 2. The molecular formula is C24H29F3N2O6S. The minimum Gasteiger partial charge on any atom is -0.478 e. The summed E-state index contributed by atoms with van der Waals surface area (Å²) in [6.45, 7) is 3.63. The number of nitrogens with zero attached hydrogens (tertiary/aromatic N) is 1. The van der Waals surface area contributed by atoms with Crippen LogP contribution in [-0.4, -0.2) is 49.8 Å². The molecule has 1 aliphatic heterocycles. The Morgan fingerprint density at radius 1 is 0.944 bits per heavy atom. The molecule has 3 N–H and O–H groups in total. The molecule has 198 valence electrons. The maximum absolute atomic E-state index is 12.7. The van der Waals surface area contributed by atoms with Crippen LogP contribution in [-0.2, 0) is 21.2 Å². The summed E-state index contributed by atoms with van der Waals surface area (Å²) in [5.41, 5.74) is 2.06. The predicted octanol–water partition coefficient (Wildman–Crippen LogP) is 5.15. The molecule has 8 nitrogen and oxygen atoms in total. The maximum atomic E-state index is 12.7. The van der Waals surface area contributed by atoms with Crippen molar-refractivity contribution in [2.75, 3.05) is 22.7 Å². The summed E-state index contributed by atoms with van der Waals surface area (Å²) in [5.74, 6) is -3.82. The second-order valence-corrected chi connectivity index (χ2v) is 9.88. The fourth-order valence-electron chi connectivity index (χ4n) is 3.65. The summed E-state index contributed by atoms with van der Waals surface area (Å²) in [5, 5.41) is 16.8. The van der Waals surface area contributed by atoms with Crippen LogP contribution in [0.2, 0.25) is 0 Å². The number of aromatic carboxylic acids is 1. The van der Waals surface area contributed by atoms with Crippen LogP contribution in [0, 0.1) is 0 Å². The van der Waals surface area contributed by atoms with Gasteiger partial charge in [0.2, 0.25) is 0 Å². The molecule has 0 radical (unpaired) electrons. The summed E-state index contributed by atoms with van der Waals surface area (Å²) < 4.78 is 59.6. The van der Waals surface area contributed by atoms with E-state index in [0.29, 0.717) is 5.69 Å². The molecule has 0 saturated carbocycles. The highest BCUT2D eigenvalue weighted by molar-refractivity contribution is 7.92. The molecule has 0 aromatic heterocycles. The molecule has 0 amide bonds. The van der Waals surface area contributed by atoms with E-state index < -0.39 is 28.1 Å². The van der Waals surface area contributed by atoms with Crippen LogP contribution in [0.1, 0.15) is 54.9 Å². The van der Waals surface area contributed by atoms with Gasteiger partial charge in [-0.15, -0.1) is 0 Å². The Balaban J connectivity index is 0.000000572. The van der Waals surface area contributed by atoms with E-state index in [1.54, 1.807) is 36.4 Å². The number of halogens is 3. The molecule has 12 heteroatoms. The van der Waals surface area contributed by atoms with Crippen LogP contribution in [0.5, 0.6) is 0 Å². The summed E-state index contributed by atoms with van der Waals surface area (Å²) in [6, 6.07) is 11.4. The molecule has 0 spiro atoms. The molecule has 0 atom stereocenters. The molecule has 1 fully saturated rings. The minimum atomic E-state index is -5.08. The van der Waals surface area contributed by atoms with Gasteiger partial charge in [0.25, 0.3) is 10.0 Å². The number of aliphatic carboxylic acids is 1. The van der Waals surface area contributed by atoms with Gasteiger partial charge >= 0.3 is 18.1 Å². The van der Waals surface area contributed by atoms with E-state index in [2.05, 4.69) is 9.62 Å². The summed E-state index contributed by atoms with van der Waals surface area (Å²) in [6.07, 6.45) is 1.32. The number of rotatable bonds is 6. The van der Waals surface area contributed by atoms with Gasteiger partial charge in [0.1, 0.15) is 0 Å². The number of aryl methyl sites for hydroxylation is 1. The van der Waals surface area contributed by atoms with Crippen molar-refractivity contribution >= 4 is 33.3 Å². The van der Waals surface area contributed by atoms with Crippen LogP contribution in [0.15, 0.2) is 47.4 Å². The first-order valence-corrected chi connectivity index (χ1v) is 12.9. The van der Waals surface area contributed by atoms with Gasteiger partial charge in [-0.05, 0) is 55.2 Å². The van der Waals surface area contributed by atoms with E-state index in [0.717, 1.165) is 50.8 Å². The van der Waals surface area contributed by atoms with Gasteiger partial charge in [-0.1, -0.05) is 38.3 Å². The van der Waals surface area contributed by atoms with Crippen molar-refractivity contribution in [2.45, 2.75) is 56.5 Å². The summed E-state index contributed by atoms with van der Waals surface area (Å²) >= 11 is 0. The Kier molecular flexibility index (Phi) is 10.1. The van der Waals surface area contributed by atoms with Crippen molar-refractivity contribution in [2.24, 2.45) is 0 Å². The molecule has 2 aromatic rings. The van der Waals surface area contributed by atoms with Gasteiger partial charge in [-0.2, -0.15) is 13.2 Å². The van der Waals surface area contributed by atoms with Crippen molar-refractivity contribution in [3.63, 3.8) is 0 Å². The normalized spacial score (nSPS) is 14.6. The van der Waals surface area contributed by atoms with Crippen molar-refractivity contribution in [3.05, 3.63) is 53.6 Å². The van der Waals surface area contributed by atoms with Crippen LogP contribution in [0.3, 0.4) is 0 Å². The van der Waals surface area contributed by atoms with E-state index in [4.69, 9.17) is 9.90 Å². The molecule has 36 heavy (non-hydrogen) atoms. The van der Waals surface area contributed by atoms with E-state index in [-0.39, 0.29) is 16.1 Å². The minimum absolute atomic E-state index is 0.118. The summed E-state index contributed by atoms with van der Waals surface area (Å²) in [4.78, 5) is 23.0. The van der Waals surface area contributed by atoms with Gasteiger partial charge in [-0.25, -0.2) is 18.0 Å². The van der Waals surface area contributed by atoms with E-state index in [1.165, 1.54) is 12.5 Å². The molecule has 1 heterocycles. The SMILES string of the molecule is CCc1ccc(S(=O)(=O)Nc2ccc(N3CCCCCCC3)c(C(=O)O)c2)cc1.O=C(O)C(F)(F)F. The number of sulfonamides is 1. The number of hydrogen-bond donors (Lipinski definition) is 3. The maximum Gasteiger partial charge on any atom is 0.490 e. The van der Waals surface area contributed by atoms with Gasteiger partial charge in [0.15, 0.2) is 0 Å². The first kappa shape index (κ1) is 29.0. The molecule has 1 saturated heterocycles. The third-order valence-corrected chi connectivity index (χ3v) is 6.96. The number of alkyl halides is 3. The molecule has 3 rings (SSSR count). The third-order valence-electron chi connectivity index (χ3n) is 5.56. The van der Waals surface area contributed by atoms with Crippen molar-refractivity contribution in [1.82, 2.24) is 0 Å². The smallest absolute Gasteiger partial charge is 0.478 e. The topological polar surface area (TPSA) is 124 Å². The van der Waals surface area contributed by atoms with E-state index in [9.17, 15) is 31.5 Å². The number of nitrogens with one attached hydrogen (secondary N) is 1. The fraction of sp³-hybridized carbons (Fsp3) is 0.417. The van der Waals surface area contributed by atoms with Gasteiger partial charge in [-0.3, -0.25) is 4.72 Å². The highest BCUT2D eigenvalue weighted by Gasteiger charge is 2.38. The Labute approximate surface area is 207 Å². The molecule has 0 bridgehead atoms. The number of carboxylic acids is 2. The number of hydrogen-bond acceptors (Lipinski definition) is 5. The Morgan fingerprint density at radius 2 is 1.47 bits per heavy atom. The lowest BCUT2D eigenvalue weighted by atomic mass is 10.1. The van der Waals surface area contributed by atoms with Gasteiger partial charge < -0.3 is 15.1 Å².